The smallest absolute Gasteiger partial charge is 0.220 e. The second-order valence-electron chi connectivity index (χ2n) is 5.58. The van der Waals surface area contributed by atoms with Crippen LogP contribution in [0.1, 0.15) is 31.2 Å². The topological polar surface area (TPSA) is 41.1 Å². The van der Waals surface area contributed by atoms with Gasteiger partial charge in [0.1, 0.15) is 5.82 Å². The van der Waals surface area contributed by atoms with Crippen molar-refractivity contribution in [3.05, 3.63) is 34.1 Å². The first-order valence-electron chi connectivity index (χ1n) is 7.56. The molecule has 21 heavy (non-hydrogen) atoms. The van der Waals surface area contributed by atoms with Crippen molar-refractivity contribution in [1.82, 2.24) is 10.6 Å². The highest BCUT2D eigenvalue weighted by atomic mass is 79.9. The Morgan fingerprint density at radius 2 is 2.14 bits per heavy atom. The summed E-state index contributed by atoms with van der Waals surface area (Å²) in [6, 6.07) is 4.95. The van der Waals surface area contributed by atoms with Gasteiger partial charge < -0.3 is 10.6 Å². The van der Waals surface area contributed by atoms with Crippen molar-refractivity contribution in [2.75, 3.05) is 19.6 Å². The molecule has 0 bridgehead atoms. The molecule has 0 aromatic heterocycles. The van der Waals surface area contributed by atoms with Crippen LogP contribution in [0.3, 0.4) is 0 Å². The van der Waals surface area contributed by atoms with Crippen LogP contribution >= 0.6 is 15.9 Å². The molecule has 1 heterocycles. The number of carbonyl (C=O) groups excluding carboxylic acids is 1. The van der Waals surface area contributed by atoms with Crippen LogP contribution in [0.2, 0.25) is 0 Å². The van der Waals surface area contributed by atoms with E-state index in [0.29, 0.717) is 23.4 Å². The van der Waals surface area contributed by atoms with Crippen molar-refractivity contribution < 1.29 is 9.18 Å². The van der Waals surface area contributed by atoms with Crippen LogP contribution in [0.15, 0.2) is 22.7 Å². The maximum Gasteiger partial charge on any atom is 0.220 e. The van der Waals surface area contributed by atoms with Gasteiger partial charge in [-0.15, -0.1) is 0 Å². The van der Waals surface area contributed by atoms with E-state index >= 15 is 0 Å². The normalized spacial score (nSPS) is 15.9. The van der Waals surface area contributed by atoms with Gasteiger partial charge in [-0.25, -0.2) is 4.39 Å². The molecule has 1 aromatic carbocycles. The molecule has 0 saturated carbocycles. The lowest BCUT2D eigenvalue weighted by atomic mass is 9.93. The number of hydrogen-bond donors (Lipinski definition) is 2. The van der Waals surface area contributed by atoms with E-state index in [-0.39, 0.29) is 11.7 Å². The van der Waals surface area contributed by atoms with Crippen LogP contribution in [-0.4, -0.2) is 25.5 Å². The minimum absolute atomic E-state index is 0.120. The third-order valence-electron chi connectivity index (χ3n) is 3.96. The van der Waals surface area contributed by atoms with E-state index in [1.807, 2.05) is 0 Å². The summed E-state index contributed by atoms with van der Waals surface area (Å²) in [6.45, 7) is 2.75. The summed E-state index contributed by atoms with van der Waals surface area (Å²) in [5.74, 6) is 0.546. The molecule has 0 radical (unpaired) electrons. The number of rotatable bonds is 6. The van der Waals surface area contributed by atoms with Crippen molar-refractivity contribution in [1.29, 1.82) is 0 Å². The molecular weight excluding hydrogens is 335 g/mol. The Morgan fingerprint density at radius 3 is 2.86 bits per heavy atom. The van der Waals surface area contributed by atoms with Gasteiger partial charge in [0.15, 0.2) is 0 Å². The zero-order chi connectivity index (χ0) is 15.1. The monoisotopic (exact) mass is 356 g/mol. The van der Waals surface area contributed by atoms with E-state index < -0.39 is 0 Å². The number of hydrogen-bond acceptors (Lipinski definition) is 2. The number of nitrogens with one attached hydrogen (secondary N) is 2. The predicted octanol–water partition coefficient (Wildman–Crippen LogP) is 3.03. The third-order valence-corrected chi connectivity index (χ3v) is 4.57. The molecule has 2 rings (SSSR count). The summed E-state index contributed by atoms with van der Waals surface area (Å²) < 4.78 is 13.6. The number of carbonyl (C=O) groups is 1. The number of benzene rings is 1. The predicted molar refractivity (Wildman–Crippen MR) is 85.6 cm³/mol. The SMILES string of the molecule is O=C(CCC1CCNCC1)NCCc1ccc(F)c(Br)c1. The first kappa shape index (κ1) is 16.4. The molecular formula is C16H22BrFN2O. The molecule has 0 atom stereocenters. The maximum atomic E-state index is 13.1. The van der Waals surface area contributed by atoms with E-state index in [9.17, 15) is 9.18 Å². The highest BCUT2D eigenvalue weighted by molar-refractivity contribution is 9.10. The summed E-state index contributed by atoms with van der Waals surface area (Å²) in [5, 5.41) is 6.27. The number of piperidine rings is 1. The molecule has 3 nitrogen and oxygen atoms in total. The molecule has 5 heteroatoms. The van der Waals surface area contributed by atoms with Gasteiger partial charge >= 0.3 is 0 Å². The van der Waals surface area contributed by atoms with E-state index in [0.717, 1.165) is 31.5 Å². The zero-order valence-electron chi connectivity index (χ0n) is 12.1. The van der Waals surface area contributed by atoms with Crippen LogP contribution in [0, 0.1) is 11.7 Å². The molecule has 116 valence electrons. The minimum Gasteiger partial charge on any atom is -0.356 e. The fourth-order valence-corrected chi connectivity index (χ4v) is 3.06. The molecule has 1 fully saturated rings. The van der Waals surface area contributed by atoms with Crippen molar-refractivity contribution >= 4 is 21.8 Å². The quantitative estimate of drug-likeness (QED) is 0.822. The Balaban J connectivity index is 1.63. The summed E-state index contributed by atoms with van der Waals surface area (Å²) >= 11 is 3.17. The van der Waals surface area contributed by atoms with E-state index in [1.54, 1.807) is 12.1 Å². The summed E-state index contributed by atoms with van der Waals surface area (Å²) in [7, 11) is 0. The van der Waals surface area contributed by atoms with Gasteiger partial charge in [0.25, 0.3) is 0 Å². The fourth-order valence-electron chi connectivity index (χ4n) is 2.64. The van der Waals surface area contributed by atoms with Crippen LogP contribution in [0.4, 0.5) is 4.39 Å². The maximum absolute atomic E-state index is 13.1. The standard InChI is InChI=1S/C16H22BrFN2O/c17-14-11-13(1-3-15(14)18)7-10-20-16(21)4-2-12-5-8-19-9-6-12/h1,3,11-12,19H,2,4-10H2,(H,20,21). The average molecular weight is 357 g/mol. The lowest BCUT2D eigenvalue weighted by molar-refractivity contribution is -0.121. The second kappa shape index (κ2) is 8.49. The van der Waals surface area contributed by atoms with Gasteiger partial charge in [0.2, 0.25) is 5.91 Å². The van der Waals surface area contributed by atoms with Crippen LogP contribution in [0.5, 0.6) is 0 Å². The summed E-state index contributed by atoms with van der Waals surface area (Å²) in [6.07, 6.45) is 4.67. The molecule has 1 aliphatic heterocycles. The average Bonchev–Trinajstić information content (AvgIpc) is 2.50. The Morgan fingerprint density at radius 1 is 1.38 bits per heavy atom. The molecule has 1 amide bonds. The minimum atomic E-state index is -0.259. The van der Waals surface area contributed by atoms with Gasteiger partial charge in [-0.2, -0.15) is 0 Å². The molecule has 1 aliphatic rings. The molecule has 0 unspecified atom stereocenters. The van der Waals surface area contributed by atoms with Crippen molar-refractivity contribution in [3.8, 4) is 0 Å². The second-order valence-corrected chi connectivity index (χ2v) is 6.43. The van der Waals surface area contributed by atoms with E-state index in [2.05, 4.69) is 26.6 Å². The lowest BCUT2D eigenvalue weighted by Gasteiger charge is -2.22. The Kier molecular flexibility index (Phi) is 6.64. The summed E-state index contributed by atoms with van der Waals surface area (Å²) in [5.41, 5.74) is 1.02. The molecule has 2 N–H and O–H groups in total. The Labute approximate surface area is 133 Å². The molecule has 1 aromatic rings. The number of halogens is 2. The third kappa shape index (κ3) is 5.75. The lowest BCUT2D eigenvalue weighted by Crippen LogP contribution is -2.30. The van der Waals surface area contributed by atoms with Crippen molar-refractivity contribution in [2.24, 2.45) is 5.92 Å². The van der Waals surface area contributed by atoms with Gasteiger partial charge in [0, 0.05) is 13.0 Å². The highest BCUT2D eigenvalue weighted by Gasteiger charge is 2.14. The van der Waals surface area contributed by atoms with Gasteiger partial charge in [-0.3, -0.25) is 4.79 Å². The van der Waals surface area contributed by atoms with Crippen molar-refractivity contribution in [2.45, 2.75) is 32.1 Å². The Hall–Kier alpha value is -0.940. The summed E-state index contributed by atoms with van der Waals surface area (Å²) in [4.78, 5) is 11.8. The van der Waals surface area contributed by atoms with Crippen LogP contribution in [0.25, 0.3) is 0 Å². The van der Waals surface area contributed by atoms with Gasteiger partial charge in [-0.1, -0.05) is 6.07 Å². The highest BCUT2D eigenvalue weighted by Crippen LogP contribution is 2.18. The van der Waals surface area contributed by atoms with Gasteiger partial charge in [0.05, 0.1) is 4.47 Å². The first-order chi connectivity index (χ1) is 10.1. The Bertz CT molecular complexity index is 475. The largest absolute Gasteiger partial charge is 0.356 e. The number of amides is 1. The first-order valence-corrected chi connectivity index (χ1v) is 8.36. The van der Waals surface area contributed by atoms with Crippen LogP contribution in [-0.2, 0) is 11.2 Å². The molecule has 1 saturated heterocycles. The van der Waals surface area contributed by atoms with E-state index in [4.69, 9.17) is 0 Å². The van der Waals surface area contributed by atoms with Gasteiger partial charge in [-0.05, 0) is 78.3 Å². The van der Waals surface area contributed by atoms with Crippen molar-refractivity contribution in [3.63, 3.8) is 0 Å². The zero-order valence-corrected chi connectivity index (χ0v) is 13.7. The molecule has 0 aliphatic carbocycles. The molecule has 0 spiro atoms. The van der Waals surface area contributed by atoms with E-state index in [1.165, 1.54) is 18.9 Å². The van der Waals surface area contributed by atoms with Crippen LogP contribution < -0.4 is 10.6 Å². The fraction of sp³-hybridized carbons (Fsp3) is 0.562.